The number of hydrogen-bond donors (Lipinski definition) is 2. The molecule has 2 aromatic rings. The highest BCUT2D eigenvalue weighted by atomic mass is 16.5. The Balaban J connectivity index is 1.46. The summed E-state index contributed by atoms with van der Waals surface area (Å²) in [7, 11) is 0. The first-order chi connectivity index (χ1) is 14.5. The summed E-state index contributed by atoms with van der Waals surface area (Å²) in [6.45, 7) is 12.6. The molecule has 1 aliphatic heterocycles. The number of unbranched alkanes of at least 4 members (excludes halogenated alkanes) is 3. The number of aliphatic hydroxyl groups is 1. The highest BCUT2D eigenvalue weighted by Crippen LogP contribution is 2.34. The molecule has 1 aromatic heterocycles. The van der Waals surface area contributed by atoms with Crippen LogP contribution in [-0.4, -0.2) is 36.2 Å². The van der Waals surface area contributed by atoms with Crippen LogP contribution in [0, 0.1) is 19.8 Å². The minimum absolute atomic E-state index is 0.386. The van der Waals surface area contributed by atoms with Crippen molar-refractivity contribution in [3.8, 4) is 5.75 Å². The number of nitrogens with zero attached hydrogens (tertiary/aromatic N) is 1. The molecule has 2 N–H and O–H groups in total. The lowest BCUT2D eigenvalue weighted by Crippen LogP contribution is -2.51. The van der Waals surface area contributed by atoms with Crippen LogP contribution in [0.4, 0.5) is 0 Å². The molecule has 0 bridgehead atoms. The normalized spacial score (nSPS) is 17.0. The minimum atomic E-state index is -0.658. The van der Waals surface area contributed by atoms with E-state index in [4.69, 9.17) is 9.15 Å². The van der Waals surface area contributed by atoms with E-state index in [1.165, 1.54) is 36.0 Å². The molecule has 2 unspecified atom stereocenters. The fourth-order valence-electron chi connectivity index (χ4n) is 4.22. The van der Waals surface area contributed by atoms with Gasteiger partial charge in [-0.1, -0.05) is 32.3 Å². The lowest BCUT2D eigenvalue weighted by atomic mass is 9.91. The van der Waals surface area contributed by atoms with Gasteiger partial charge in [0.15, 0.2) is 0 Å². The van der Waals surface area contributed by atoms with Gasteiger partial charge in [0, 0.05) is 31.2 Å². The summed E-state index contributed by atoms with van der Waals surface area (Å²) in [6, 6.07) is 6.56. The van der Waals surface area contributed by atoms with Crippen molar-refractivity contribution >= 4 is 0 Å². The third-order valence-corrected chi connectivity index (χ3v) is 6.48. The van der Waals surface area contributed by atoms with E-state index >= 15 is 0 Å². The molecule has 30 heavy (non-hydrogen) atoms. The number of nitrogens with one attached hydrogen (secondary N) is 1. The maximum absolute atomic E-state index is 10.1. The van der Waals surface area contributed by atoms with Crippen LogP contribution in [0.25, 0.3) is 0 Å². The van der Waals surface area contributed by atoms with Crippen LogP contribution in [0.15, 0.2) is 35.1 Å². The summed E-state index contributed by atoms with van der Waals surface area (Å²) in [5.74, 6) is 1.58. The number of ether oxygens (including phenoxy) is 1. The molecule has 0 saturated carbocycles. The zero-order valence-electron chi connectivity index (χ0n) is 19.0. The molecule has 1 aromatic carbocycles. The van der Waals surface area contributed by atoms with Crippen LogP contribution >= 0.6 is 0 Å². The van der Waals surface area contributed by atoms with E-state index in [9.17, 15) is 5.11 Å². The Bertz CT molecular complexity index is 769. The standard InChI is InChI=1S/C25H38N2O3/c1-5-6-7-8-12-30-24-10-9-23(18(2)19(24)3)20(4)27-15-21(16-27)14-26-25(28)22-11-13-29-17-22/h9-11,13,17,20-21,25-26,28H,5-8,12,14-16H2,1-4H3. The van der Waals surface area contributed by atoms with Crippen LogP contribution in [0.1, 0.15) is 74.1 Å². The lowest BCUT2D eigenvalue weighted by Gasteiger charge is -2.44. The molecular weight excluding hydrogens is 376 g/mol. The molecule has 1 fully saturated rings. The molecule has 0 aliphatic carbocycles. The van der Waals surface area contributed by atoms with Crippen molar-refractivity contribution < 1.29 is 14.3 Å². The summed E-state index contributed by atoms with van der Waals surface area (Å²) >= 11 is 0. The Morgan fingerprint density at radius 1 is 1.17 bits per heavy atom. The third kappa shape index (κ3) is 5.65. The van der Waals surface area contributed by atoms with Gasteiger partial charge in [0.2, 0.25) is 0 Å². The van der Waals surface area contributed by atoms with Gasteiger partial charge in [0.05, 0.1) is 19.1 Å². The monoisotopic (exact) mass is 414 g/mol. The predicted molar refractivity (Wildman–Crippen MR) is 121 cm³/mol. The number of hydrogen-bond acceptors (Lipinski definition) is 5. The Morgan fingerprint density at radius 2 is 1.97 bits per heavy atom. The molecule has 2 atom stereocenters. The van der Waals surface area contributed by atoms with E-state index in [2.05, 4.69) is 50.0 Å². The quantitative estimate of drug-likeness (QED) is 0.372. The summed E-state index contributed by atoms with van der Waals surface area (Å²) in [5, 5.41) is 13.3. The summed E-state index contributed by atoms with van der Waals surface area (Å²) in [5.41, 5.74) is 4.76. The minimum Gasteiger partial charge on any atom is -0.493 e. The highest BCUT2D eigenvalue weighted by molar-refractivity contribution is 5.44. The zero-order valence-corrected chi connectivity index (χ0v) is 19.0. The molecule has 5 heteroatoms. The average molecular weight is 415 g/mol. The molecule has 166 valence electrons. The Labute approximate surface area is 181 Å². The molecule has 5 nitrogen and oxygen atoms in total. The van der Waals surface area contributed by atoms with Crippen molar-refractivity contribution in [2.24, 2.45) is 5.92 Å². The zero-order chi connectivity index (χ0) is 21.5. The molecule has 0 amide bonds. The van der Waals surface area contributed by atoms with Gasteiger partial charge in [-0.25, -0.2) is 0 Å². The second-order valence-electron chi connectivity index (χ2n) is 8.68. The van der Waals surface area contributed by atoms with Crippen LogP contribution in [0.2, 0.25) is 0 Å². The molecule has 0 spiro atoms. The fraction of sp³-hybridized carbons (Fsp3) is 0.600. The first kappa shape index (κ1) is 22.9. The van der Waals surface area contributed by atoms with Crippen LogP contribution in [0.3, 0.4) is 0 Å². The molecule has 0 radical (unpaired) electrons. The lowest BCUT2D eigenvalue weighted by molar-refractivity contribution is 0.0442. The summed E-state index contributed by atoms with van der Waals surface area (Å²) in [4.78, 5) is 2.50. The van der Waals surface area contributed by atoms with Crippen molar-refractivity contribution in [1.82, 2.24) is 10.2 Å². The van der Waals surface area contributed by atoms with Crippen molar-refractivity contribution in [2.75, 3.05) is 26.2 Å². The van der Waals surface area contributed by atoms with Crippen molar-refractivity contribution in [3.05, 3.63) is 53.0 Å². The van der Waals surface area contributed by atoms with Crippen LogP contribution < -0.4 is 10.1 Å². The molecule has 3 rings (SSSR count). The number of furan rings is 1. The Kier molecular flexibility index (Phi) is 8.37. The maximum Gasteiger partial charge on any atom is 0.134 e. The fourth-order valence-corrected chi connectivity index (χ4v) is 4.22. The van der Waals surface area contributed by atoms with E-state index in [0.717, 1.165) is 44.0 Å². The first-order valence-corrected chi connectivity index (χ1v) is 11.4. The molecule has 1 saturated heterocycles. The van der Waals surface area contributed by atoms with Crippen molar-refractivity contribution in [1.29, 1.82) is 0 Å². The average Bonchev–Trinajstić information content (AvgIpc) is 3.24. The Morgan fingerprint density at radius 3 is 2.67 bits per heavy atom. The van der Waals surface area contributed by atoms with E-state index in [0.29, 0.717) is 12.0 Å². The topological polar surface area (TPSA) is 57.9 Å². The number of likely N-dealkylation sites (tertiary alicyclic amines) is 1. The van der Waals surface area contributed by atoms with Crippen molar-refractivity contribution in [3.63, 3.8) is 0 Å². The number of rotatable bonds is 12. The van der Waals surface area contributed by atoms with Gasteiger partial charge in [-0.05, 0) is 61.9 Å². The van der Waals surface area contributed by atoms with Gasteiger partial charge in [-0.15, -0.1) is 0 Å². The highest BCUT2D eigenvalue weighted by Gasteiger charge is 2.32. The SMILES string of the molecule is CCCCCCOc1ccc(C(C)N2CC(CNC(O)c3ccoc3)C2)c(C)c1C. The largest absolute Gasteiger partial charge is 0.493 e. The van der Waals surface area contributed by atoms with Gasteiger partial charge in [0.25, 0.3) is 0 Å². The Hall–Kier alpha value is -1.82. The number of benzene rings is 1. The van der Waals surface area contributed by atoms with E-state index in [1.807, 2.05) is 0 Å². The number of aliphatic hydroxyl groups excluding tert-OH is 1. The summed E-state index contributed by atoms with van der Waals surface area (Å²) in [6.07, 6.45) is 7.41. The van der Waals surface area contributed by atoms with Gasteiger partial charge < -0.3 is 14.3 Å². The summed E-state index contributed by atoms with van der Waals surface area (Å²) < 4.78 is 11.1. The first-order valence-electron chi connectivity index (χ1n) is 11.4. The molecule has 2 heterocycles. The van der Waals surface area contributed by atoms with Crippen LogP contribution in [-0.2, 0) is 0 Å². The smallest absolute Gasteiger partial charge is 0.134 e. The van der Waals surface area contributed by atoms with Gasteiger partial charge in [-0.2, -0.15) is 0 Å². The second kappa shape index (κ2) is 11.0. The van der Waals surface area contributed by atoms with E-state index in [1.54, 1.807) is 18.6 Å². The van der Waals surface area contributed by atoms with Gasteiger partial charge >= 0.3 is 0 Å². The predicted octanol–water partition coefficient (Wildman–Crippen LogP) is 5.13. The second-order valence-corrected chi connectivity index (χ2v) is 8.68. The maximum atomic E-state index is 10.1. The van der Waals surface area contributed by atoms with Gasteiger partial charge in [-0.3, -0.25) is 10.2 Å². The third-order valence-electron chi connectivity index (χ3n) is 6.48. The molecular formula is C25H38N2O3. The van der Waals surface area contributed by atoms with E-state index < -0.39 is 6.23 Å². The molecule has 1 aliphatic rings. The van der Waals surface area contributed by atoms with Crippen LogP contribution in [0.5, 0.6) is 5.75 Å². The van der Waals surface area contributed by atoms with Crippen molar-refractivity contribution in [2.45, 2.75) is 65.6 Å². The van der Waals surface area contributed by atoms with Gasteiger partial charge in [0.1, 0.15) is 12.0 Å². The van der Waals surface area contributed by atoms with E-state index in [-0.39, 0.29) is 0 Å².